The molecule has 2 aromatic carbocycles. The van der Waals surface area contributed by atoms with E-state index < -0.39 is 0 Å². The van der Waals surface area contributed by atoms with Gasteiger partial charge < -0.3 is 14.5 Å². The summed E-state index contributed by atoms with van der Waals surface area (Å²) in [6, 6.07) is 12.5. The van der Waals surface area contributed by atoms with Gasteiger partial charge >= 0.3 is 0 Å². The van der Waals surface area contributed by atoms with E-state index in [1.165, 1.54) is 6.07 Å². The molecule has 2 aliphatic rings. The summed E-state index contributed by atoms with van der Waals surface area (Å²) in [7, 11) is 0. The van der Waals surface area contributed by atoms with Gasteiger partial charge in [-0.1, -0.05) is 24.3 Å². The van der Waals surface area contributed by atoms with Crippen LogP contribution in [0, 0.1) is 12.7 Å². The Bertz CT molecular complexity index is 922. The topological polar surface area (TPSA) is 49.9 Å². The lowest BCUT2D eigenvalue weighted by Crippen LogP contribution is -2.50. The maximum atomic E-state index is 13.8. The van der Waals surface area contributed by atoms with Crippen molar-refractivity contribution in [3.8, 4) is 5.75 Å². The van der Waals surface area contributed by atoms with E-state index in [-0.39, 0.29) is 23.5 Å². The molecule has 0 bridgehead atoms. The molecule has 0 spiro atoms. The molecule has 0 aliphatic carbocycles. The first-order chi connectivity index (χ1) is 14.0. The molecule has 29 heavy (non-hydrogen) atoms. The van der Waals surface area contributed by atoms with Crippen molar-refractivity contribution in [2.45, 2.75) is 25.7 Å². The molecular formula is C23H25FN2O3. The molecule has 1 atom stereocenters. The molecule has 2 aromatic rings. The lowest BCUT2D eigenvalue weighted by Gasteiger charge is -2.36. The summed E-state index contributed by atoms with van der Waals surface area (Å²) in [4.78, 5) is 29.0. The van der Waals surface area contributed by atoms with E-state index in [1.54, 1.807) is 24.0 Å². The highest BCUT2D eigenvalue weighted by Crippen LogP contribution is 2.35. The molecule has 0 aromatic heterocycles. The average molecular weight is 396 g/mol. The summed E-state index contributed by atoms with van der Waals surface area (Å²) >= 11 is 0. The first-order valence-electron chi connectivity index (χ1n) is 10.1. The molecule has 6 heteroatoms. The Hall–Kier alpha value is -2.89. The monoisotopic (exact) mass is 396 g/mol. The van der Waals surface area contributed by atoms with Crippen molar-refractivity contribution >= 4 is 11.8 Å². The van der Waals surface area contributed by atoms with Crippen LogP contribution in [0.5, 0.6) is 5.75 Å². The number of hydrogen-bond donors (Lipinski definition) is 0. The van der Waals surface area contributed by atoms with Crippen LogP contribution in [0.4, 0.5) is 4.39 Å². The summed E-state index contributed by atoms with van der Waals surface area (Å²) in [5, 5.41) is 0. The number of nitrogens with zero attached hydrogens (tertiary/aromatic N) is 2. The third kappa shape index (κ3) is 4.11. The van der Waals surface area contributed by atoms with Gasteiger partial charge in [0, 0.05) is 38.2 Å². The lowest BCUT2D eigenvalue weighted by atomic mass is 9.90. The van der Waals surface area contributed by atoms with Gasteiger partial charge in [-0.3, -0.25) is 9.59 Å². The van der Waals surface area contributed by atoms with Crippen LogP contribution in [0.3, 0.4) is 0 Å². The van der Waals surface area contributed by atoms with Gasteiger partial charge in [-0.15, -0.1) is 0 Å². The predicted molar refractivity (Wildman–Crippen MR) is 108 cm³/mol. The number of fused-ring (bicyclic) bond motifs is 1. The summed E-state index contributed by atoms with van der Waals surface area (Å²) in [6.45, 7) is 4.23. The number of piperazine rings is 1. The second-order valence-corrected chi connectivity index (χ2v) is 7.71. The summed E-state index contributed by atoms with van der Waals surface area (Å²) in [6.07, 6.45) is 1.29. The second-order valence-electron chi connectivity index (χ2n) is 7.71. The molecule has 4 rings (SSSR count). The van der Waals surface area contributed by atoms with Crippen LogP contribution in [0.1, 0.15) is 40.2 Å². The van der Waals surface area contributed by atoms with Crippen LogP contribution in [0.2, 0.25) is 0 Å². The number of halogens is 1. The number of aryl methyl sites for hydroxylation is 1. The number of benzene rings is 2. The van der Waals surface area contributed by atoms with Crippen molar-refractivity contribution in [1.82, 2.24) is 9.80 Å². The zero-order valence-corrected chi connectivity index (χ0v) is 16.6. The van der Waals surface area contributed by atoms with Crippen molar-refractivity contribution in [2.75, 3.05) is 32.8 Å². The highest BCUT2D eigenvalue weighted by molar-refractivity contribution is 5.94. The van der Waals surface area contributed by atoms with Crippen molar-refractivity contribution in [1.29, 1.82) is 0 Å². The summed E-state index contributed by atoms with van der Waals surface area (Å²) < 4.78 is 19.5. The van der Waals surface area contributed by atoms with Gasteiger partial charge in [0.2, 0.25) is 5.91 Å². The Morgan fingerprint density at radius 1 is 1.07 bits per heavy atom. The average Bonchev–Trinajstić information content (AvgIpc) is 2.75. The molecule has 2 heterocycles. The van der Waals surface area contributed by atoms with E-state index in [0.29, 0.717) is 50.3 Å². The predicted octanol–water partition coefficient (Wildman–Crippen LogP) is 3.37. The summed E-state index contributed by atoms with van der Waals surface area (Å²) in [5.41, 5.74) is 1.97. The number of amides is 2. The van der Waals surface area contributed by atoms with Gasteiger partial charge in [-0.25, -0.2) is 4.39 Å². The Morgan fingerprint density at radius 2 is 1.79 bits per heavy atom. The standard InChI is InChI=1S/C23H25FN2O3/c1-16-6-7-18(14-20(16)24)23(28)26-11-9-25(10-12-26)22(27)15-17-8-13-29-21-5-3-2-4-19(17)21/h2-7,14,17H,8-13,15H2,1H3. The zero-order chi connectivity index (χ0) is 20.4. The first kappa shape index (κ1) is 19.4. The van der Waals surface area contributed by atoms with Gasteiger partial charge in [0.1, 0.15) is 11.6 Å². The van der Waals surface area contributed by atoms with Crippen LogP contribution in [-0.4, -0.2) is 54.4 Å². The number of ether oxygens (including phenoxy) is 1. The SMILES string of the molecule is Cc1ccc(C(=O)N2CCN(C(=O)CC3CCOc4ccccc43)CC2)cc1F. The number of carbonyl (C=O) groups excluding carboxylic acids is 2. The number of carbonyl (C=O) groups is 2. The minimum absolute atomic E-state index is 0.111. The fourth-order valence-corrected chi connectivity index (χ4v) is 4.04. The molecular weight excluding hydrogens is 371 g/mol. The van der Waals surface area contributed by atoms with E-state index in [9.17, 15) is 14.0 Å². The minimum Gasteiger partial charge on any atom is -0.493 e. The van der Waals surface area contributed by atoms with Crippen molar-refractivity contribution in [2.24, 2.45) is 0 Å². The minimum atomic E-state index is -0.374. The molecule has 2 amide bonds. The Balaban J connectivity index is 1.34. The fourth-order valence-electron chi connectivity index (χ4n) is 4.04. The van der Waals surface area contributed by atoms with Crippen LogP contribution in [0.25, 0.3) is 0 Å². The molecule has 1 saturated heterocycles. The Kier molecular flexibility index (Phi) is 5.51. The Morgan fingerprint density at radius 3 is 2.55 bits per heavy atom. The van der Waals surface area contributed by atoms with Gasteiger partial charge in [0.05, 0.1) is 6.61 Å². The highest BCUT2D eigenvalue weighted by Gasteiger charge is 2.29. The third-order valence-electron chi connectivity index (χ3n) is 5.84. The third-order valence-corrected chi connectivity index (χ3v) is 5.84. The molecule has 0 saturated carbocycles. The van der Waals surface area contributed by atoms with Crippen LogP contribution in [-0.2, 0) is 4.79 Å². The lowest BCUT2D eigenvalue weighted by molar-refractivity contribution is -0.133. The largest absolute Gasteiger partial charge is 0.493 e. The normalized spacial score (nSPS) is 18.8. The summed E-state index contributed by atoms with van der Waals surface area (Å²) in [5.74, 6) is 0.593. The van der Waals surface area contributed by atoms with Gasteiger partial charge in [-0.05, 0) is 48.6 Å². The van der Waals surface area contributed by atoms with Gasteiger partial charge in [-0.2, -0.15) is 0 Å². The van der Waals surface area contributed by atoms with Crippen molar-refractivity contribution in [3.05, 3.63) is 65.0 Å². The van der Waals surface area contributed by atoms with Crippen molar-refractivity contribution < 1.29 is 18.7 Å². The molecule has 1 unspecified atom stereocenters. The molecule has 2 aliphatic heterocycles. The Labute approximate surface area is 170 Å². The number of hydrogen-bond acceptors (Lipinski definition) is 3. The molecule has 1 fully saturated rings. The number of para-hydroxylation sites is 1. The van der Waals surface area contributed by atoms with E-state index in [1.807, 2.05) is 29.2 Å². The molecule has 5 nitrogen and oxygen atoms in total. The first-order valence-corrected chi connectivity index (χ1v) is 10.1. The zero-order valence-electron chi connectivity index (χ0n) is 16.6. The van der Waals surface area contributed by atoms with E-state index >= 15 is 0 Å². The second kappa shape index (κ2) is 8.23. The van der Waals surface area contributed by atoms with Crippen LogP contribution >= 0.6 is 0 Å². The smallest absolute Gasteiger partial charge is 0.254 e. The van der Waals surface area contributed by atoms with E-state index in [2.05, 4.69) is 0 Å². The van der Waals surface area contributed by atoms with Gasteiger partial charge in [0.25, 0.3) is 5.91 Å². The highest BCUT2D eigenvalue weighted by atomic mass is 19.1. The van der Waals surface area contributed by atoms with E-state index in [4.69, 9.17) is 4.74 Å². The molecule has 152 valence electrons. The van der Waals surface area contributed by atoms with Gasteiger partial charge in [0.15, 0.2) is 0 Å². The molecule has 0 N–H and O–H groups in total. The number of rotatable bonds is 3. The molecule has 0 radical (unpaired) electrons. The van der Waals surface area contributed by atoms with Crippen LogP contribution < -0.4 is 4.74 Å². The maximum absolute atomic E-state index is 13.8. The van der Waals surface area contributed by atoms with Crippen molar-refractivity contribution in [3.63, 3.8) is 0 Å². The fraction of sp³-hybridized carbons (Fsp3) is 0.391. The quantitative estimate of drug-likeness (QED) is 0.799. The van der Waals surface area contributed by atoms with E-state index in [0.717, 1.165) is 17.7 Å². The maximum Gasteiger partial charge on any atom is 0.254 e. The van der Waals surface area contributed by atoms with Crippen LogP contribution in [0.15, 0.2) is 42.5 Å².